The first-order chi connectivity index (χ1) is 12.4. The number of rotatable bonds is 4. The van der Waals surface area contributed by atoms with Crippen LogP contribution in [-0.4, -0.2) is 59.5 Å². The number of carboxylic acids is 1. The van der Waals surface area contributed by atoms with Gasteiger partial charge in [0.1, 0.15) is 5.41 Å². The topological polar surface area (TPSA) is 60.9 Å². The molecule has 5 nitrogen and oxygen atoms in total. The van der Waals surface area contributed by atoms with Gasteiger partial charge < -0.3 is 14.9 Å². The first-order valence-corrected chi connectivity index (χ1v) is 9.78. The summed E-state index contributed by atoms with van der Waals surface area (Å²) in [6.45, 7) is 4.96. The van der Waals surface area contributed by atoms with Crippen molar-refractivity contribution in [2.75, 3.05) is 32.7 Å². The van der Waals surface area contributed by atoms with Gasteiger partial charge in [0.2, 0.25) is 0 Å². The van der Waals surface area contributed by atoms with E-state index in [1.165, 1.54) is 19.3 Å². The fourth-order valence-electron chi connectivity index (χ4n) is 4.87. The summed E-state index contributed by atoms with van der Waals surface area (Å²) in [6, 6.07) is 5.40. The smallest absolute Gasteiger partial charge is 0.313 e. The number of aliphatic carboxylic acids is 1. The molecule has 1 aromatic carbocycles. The van der Waals surface area contributed by atoms with Gasteiger partial charge in [0.25, 0.3) is 5.91 Å². The standard InChI is InChI=1S/C20H25ClN2O3/c1-13-4-2-7-16(21)17(13)18(24)23-10-15-9-22(8-14-5-3-6-14)11-20(15,12-23)19(25)26/h2,4,7,14-15H,3,5-6,8-12H2,1H3,(H,25,26)/t15-,20-/m1/s1. The number of benzene rings is 1. The molecule has 0 aromatic heterocycles. The van der Waals surface area contributed by atoms with Crippen molar-refractivity contribution in [3.63, 3.8) is 0 Å². The average molecular weight is 377 g/mol. The Kier molecular flexibility index (Phi) is 4.48. The summed E-state index contributed by atoms with van der Waals surface area (Å²) < 4.78 is 0. The lowest BCUT2D eigenvalue weighted by molar-refractivity contribution is -0.148. The molecule has 3 aliphatic rings. The van der Waals surface area contributed by atoms with E-state index >= 15 is 0 Å². The number of carbonyl (C=O) groups is 2. The maximum Gasteiger partial charge on any atom is 0.313 e. The van der Waals surface area contributed by atoms with Gasteiger partial charge in [-0.2, -0.15) is 0 Å². The zero-order chi connectivity index (χ0) is 18.5. The molecule has 2 aliphatic heterocycles. The molecule has 0 spiro atoms. The summed E-state index contributed by atoms with van der Waals surface area (Å²) >= 11 is 6.25. The number of aryl methyl sites for hydroxylation is 1. The van der Waals surface area contributed by atoms with E-state index in [0.717, 1.165) is 24.6 Å². The first kappa shape index (κ1) is 17.8. The van der Waals surface area contributed by atoms with Crippen LogP contribution >= 0.6 is 11.6 Å². The zero-order valence-electron chi connectivity index (χ0n) is 15.1. The number of hydrogen-bond donors (Lipinski definition) is 1. The van der Waals surface area contributed by atoms with E-state index in [9.17, 15) is 14.7 Å². The van der Waals surface area contributed by atoms with Crippen LogP contribution in [0.3, 0.4) is 0 Å². The summed E-state index contributed by atoms with van der Waals surface area (Å²) in [7, 11) is 0. The van der Waals surface area contributed by atoms with Crippen molar-refractivity contribution < 1.29 is 14.7 Å². The van der Waals surface area contributed by atoms with Crippen molar-refractivity contribution >= 4 is 23.5 Å². The minimum atomic E-state index is -0.839. The molecular weight excluding hydrogens is 352 g/mol. The lowest BCUT2D eigenvalue weighted by Gasteiger charge is -2.32. The second-order valence-electron chi connectivity index (χ2n) is 8.27. The van der Waals surface area contributed by atoms with Crippen LogP contribution in [0.4, 0.5) is 0 Å². The number of amides is 1. The van der Waals surface area contributed by atoms with Crippen LogP contribution in [0.15, 0.2) is 18.2 Å². The van der Waals surface area contributed by atoms with Crippen LogP contribution in [0.2, 0.25) is 5.02 Å². The summed E-state index contributed by atoms with van der Waals surface area (Å²) in [5.41, 5.74) is 0.491. The van der Waals surface area contributed by atoms with Gasteiger partial charge in [-0.15, -0.1) is 0 Å². The molecule has 2 heterocycles. The number of carbonyl (C=O) groups excluding carboxylic acids is 1. The highest BCUT2D eigenvalue weighted by molar-refractivity contribution is 6.34. The molecule has 4 rings (SSSR count). The van der Waals surface area contributed by atoms with Gasteiger partial charge in [-0.25, -0.2) is 0 Å². The van der Waals surface area contributed by atoms with Gasteiger partial charge in [0.15, 0.2) is 0 Å². The van der Waals surface area contributed by atoms with E-state index in [1.54, 1.807) is 11.0 Å². The molecule has 1 aliphatic carbocycles. The monoisotopic (exact) mass is 376 g/mol. The summed E-state index contributed by atoms with van der Waals surface area (Å²) in [4.78, 5) is 29.2. The molecule has 3 fully saturated rings. The van der Waals surface area contributed by atoms with E-state index < -0.39 is 11.4 Å². The van der Waals surface area contributed by atoms with Crippen molar-refractivity contribution in [1.82, 2.24) is 9.80 Å². The normalized spacial score (nSPS) is 28.8. The predicted octanol–water partition coefficient (Wildman–Crippen LogP) is 2.91. The third-order valence-electron chi connectivity index (χ3n) is 6.57. The summed E-state index contributed by atoms with van der Waals surface area (Å²) in [5.74, 6) is -0.201. The Bertz CT molecular complexity index is 728. The summed E-state index contributed by atoms with van der Waals surface area (Å²) in [5, 5.41) is 10.4. The number of nitrogens with zero attached hydrogens (tertiary/aromatic N) is 2. The molecule has 1 N–H and O–H groups in total. The second kappa shape index (κ2) is 6.54. The molecule has 0 bridgehead atoms. The molecule has 1 aromatic rings. The molecule has 26 heavy (non-hydrogen) atoms. The Morgan fingerprint density at radius 3 is 2.62 bits per heavy atom. The molecule has 6 heteroatoms. The highest BCUT2D eigenvalue weighted by Gasteiger charge is 2.58. The molecule has 140 valence electrons. The minimum Gasteiger partial charge on any atom is -0.481 e. The van der Waals surface area contributed by atoms with Gasteiger partial charge >= 0.3 is 5.97 Å². The lowest BCUT2D eigenvalue weighted by Crippen LogP contribution is -2.43. The van der Waals surface area contributed by atoms with Crippen molar-refractivity contribution in [2.24, 2.45) is 17.3 Å². The number of fused-ring (bicyclic) bond motifs is 1. The Labute approximate surface area is 158 Å². The third kappa shape index (κ3) is 2.81. The Hall–Kier alpha value is -1.59. The van der Waals surface area contributed by atoms with E-state index in [2.05, 4.69) is 4.90 Å². The molecule has 2 saturated heterocycles. The fourth-order valence-corrected chi connectivity index (χ4v) is 5.17. The Balaban J connectivity index is 1.53. The maximum atomic E-state index is 13.0. The lowest BCUT2D eigenvalue weighted by atomic mass is 9.81. The van der Waals surface area contributed by atoms with Gasteiger partial charge in [0, 0.05) is 38.6 Å². The van der Waals surface area contributed by atoms with Crippen molar-refractivity contribution in [1.29, 1.82) is 0 Å². The average Bonchev–Trinajstić information content (AvgIpc) is 3.05. The number of hydrogen-bond acceptors (Lipinski definition) is 3. The van der Waals surface area contributed by atoms with Crippen LogP contribution in [0, 0.1) is 24.2 Å². The number of halogens is 1. The third-order valence-corrected chi connectivity index (χ3v) is 6.88. The van der Waals surface area contributed by atoms with Crippen molar-refractivity contribution in [2.45, 2.75) is 26.2 Å². The quantitative estimate of drug-likeness (QED) is 0.877. The zero-order valence-corrected chi connectivity index (χ0v) is 15.8. The van der Waals surface area contributed by atoms with Crippen molar-refractivity contribution in [3.8, 4) is 0 Å². The molecule has 1 amide bonds. The van der Waals surface area contributed by atoms with Crippen LogP contribution in [-0.2, 0) is 4.79 Å². The Morgan fingerprint density at radius 2 is 2.04 bits per heavy atom. The second-order valence-corrected chi connectivity index (χ2v) is 8.67. The van der Waals surface area contributed by atoms with Crippen LogP contribution in [0.1, 0.15) is 35.2 Å². The van der Waals surface area contributed by atoms with Crippen LogP contribution in [0.5, 0.6) is 0 Å². The van der Waals surface area contributed by atoms with Gasteiger partial charge in [-0.1, -0.05) is 30.2 Å². The summed E-state index contributed by atoms with van der Waals surface area (Å²) in [6.07, 6.45) is 3.82. The van der Waals surface area contributed by atoms with E-state index in [-0.39, 0.29) is 18.4 Å². The van der Waals surface area contributed by atoms with Crippen molar-refractivity contribution in [3.05, 3.63) is 34.3 Å². The van der Waals surface area contributed by atoms with E-state index in [1.807, 2.05) is 19.1 Å². The predicted molar refractivity (Wildman–Crippen MR) is 99.4 cm³/mol. The SMILES string of the molecule is Cc1cccc(Cl)c1C(=O)N1C[C@H]2CN(CC3CCC3)C[C@@]2(C(=O)O)C1. The minimum absolute atomic E-state index is 0.00757. The van der Waals surface area contributed by atoms with Gasteiger partial charge in [-0.05, 0) is 37.3 Å². The van der Waals surface area contributed by atoms with E-state index in [0.29, 0.717) is 23.7 Å². The number of likely N-dealkylation sites (tertiary alicyclic amines) is 2. The highest BCUT2D eigenvalue weighted by atomic mass is 35.5. The molecule has 1 saturated carbocycles. The number of carboxylic acid groups (broad SMARTS) is 1. The van der Waals surface area contributed by atoms with Crippen LogP contribution in [0.25, 0.3) is 0 Å². The largest absolute Gasteiger partial charge is 0.481 e. The van der Waals surface area contributed by atoms with Gasteiger partial charge in [-0.3, -0.25) is 9.59 Å². The Morgan fingerprint density at radius 1 is 1.27 bits per heavy atom. The van der Waals surface area contributed by atoms with E-state index in [4.69, 9.17) is 11.6 Å². The van der Waals surface area contributed by atoms with Crippen LogP contribution < -0.4 is 0 Å². The molecule has 0 unspecified atom stereocenters. The maximum absolute atomic E-state index is 13.0. The highest BCUT2D eigenvalue weighted by Crippen LogP contribution is 2.44. The van der Waals surface area contributed by atoms with Gasteiger partial charge in [0.05, 0.1) is 10.6 Å². The fraction of sp³-hybridized carbons (Fsp3) is 0.600. The first-order valence-electron chi connectivity index (χ1n) is 9.41. The molecular formula is C20H25ClN2O3. The molecule has 2 atom stereocenters. The molecule has 0 radical (unpaired) electrons.